The van der Waals surface area contributed by atoms with Gasteiger partial charge in [0, 0.05) is 24.7 Å². The van der Waals surface area contributed by atoms with Crippen LogP contribution < -0.4 is 5.32 Å². The monoisotopic (exact) mass is 298 g/mol. The molecule has 124 valence electrons. The first kappa shape index (κ1) is 17.2. The third-order valence-corrected chi connectivity index (χ3v) is 4.57. The van der Waals surface area contributed by atoms with Crippen LogP contribution in [0.4, 0.5) is 0 Å². The Balaban J connectivity index is 1.66. The maximum atomic E-state index is 9.62. The zero-order chi connectivity index (χ0) is 15.5. The van der Waals surface area contributed by atoms with Crippen LogP contribution in [0.5, 0.6) is 0 Å². The molecule has 2 aliphatic rings. The predicted molar refractivity (Wildman–Crippen MR) is 86.6 cm³/mol. The van der Waals surface area contributed by atoms with Crippen molar-refractivity contribution in [2.75, 3.05) is 26.2 Å². The Morgan fingerprint density at radius 2 is 2.05 bits per heavy atom. The molecule has 1 saturated heterocycles. The Kier molecular flexibility index (Phi) is 5.69. The first-order valence-corrected chi connectivity index (χ1v) is 8.61. The topological polar surface area (TPSA) is 44.7 Å². The van der Waals surface area contributed by atoms with Gasteiger partial charge in [0.2, 0.25) is 0 Å². The maximum Gasteiger partial charge on any atom is 0.0757 e. The third-order valence-electron chi connectivity index (χ3n) is 4.57. The fourth-order valence-electron chi connectivity index (χ4n) is 3.52. The van der Waals surface area contributed by atoms with Crippen molar-refractivity contribution < 1.29 is 9.84 Å². The third kappa shape index (κ3) is 5.85. The summed E-state index contributed by atoms with van der Waals surface area (Å²) in [7, 11) is 0. The van der Waals surface area contributed by atoms with Crippen molar-refractivity contribution in [3.8, 4) is 0 Å². The molecule has 1 heterocycles. The van der Waals surface area contributed by atoms with Gasteiger partial charge < -0.3 is 15.2 Å². The predicted octanol–water partition coefficient (Wildman–Crippen LogP) is 2.16. The zero-order valence-electron chi connectivity index (χ0n) is 14.3. The largest absolute Gasteiger partial charge is 0.394 e. The Labute approximate surface area is 130 Å². The van der Waals surface area contributed by atoms with E-state index in [9.17, 15) is 5.11 Å². The van der Waals surface area contributed by atoms with Crippen LogP contribution in [0.15, 0.2) is 0 Å². The summed E-state index contributed by atoms with van der Waals surface area (Å²) in [5, 5.41) is 13.2. The normalized spacial score (nSPS) is 29.3. The maximum absolute atomic E-state index is 9.62. The van der Waals surface area contributed by atoms with E-state index in [2.05, 4.69) is 37.9 Å². The molecular formula is C17H34N2O2. The van der Waals surface area contributed by atoms with Crippen LogP contribution >= 0.6 is 0 Å². The van der Waals surface area contributed by atoms with Crippen molar-refractivity contribution in [3.63, 3.8) is 0 Å². The van der Waals surface area contributed by atoms with Crippen LogP contribution in [-0.2, 0) is 4.74 Å². The standard InChI is InChI=1S/C17H34N2O2/c1-14-11-19(12-16(2,3)21-14)10-6-5-9-17(4,13-20)18-15-7-8-15/h14-15,18,20H,5-13H2,1-4H3. The lowest BCUT2D eigenvalue weighted by atomic mass is 9.95. The second-order valence-corrected chi connectivity index (χ2v) is 8.02. The van der Waals surface area contributed by atoms with Crippen molar-refractivity contribution in [2.24, 2.45) is 0 Å². The lowest BCUT2D eigenvalue weighted by Gasteiger charge is -2.42. The Hall–Kier alpha value is -0.160. The van der Waals surface area contributed by atoms with E-state index in [4.69, 9.17) is 4.74 Å². The average molecular weight is 298 g/mol. The van der Waals surface area contributed by atoms with Gasteiger partial charge in [-0.3, -0.25) is 4.90 Å². The van der Waals surface area contributed by atoms with E-state index in [0.717, 1.165) is 26.1 Å². The molecule has 0 bridgehead atoms. The second-order valence-electron chi connectivity index (χ2n) is 8.02. The van der Waals surface area contributed by atoms with Crippen molar-refractivity contribution in [1.29, 1.82) is 0 Å². The van der Waals surface area contributed by atoms with E-state index in [0.29, 0.717) is 12.1 Å². The van der Waals surface area contributed by atoms with Crippen molar-refractivity contribution >= 4 is 0 Å². The minimum absolute atomic E-state index is 0.0230. The summed E-state index contributed by atoms with van der Waals surface area (Å²) < 4.78 is 5.95. The van der Waals surface area contributed by atoms with Crippen LogP contribution in [0.1, 0.15) is 59.8 Å². The molecular weight excluding hydrogens is 264 g/mol. The van der Waals surface area contributed by atoms with E-state index in [1.165, 1.54) is 25.7 Å². The van der Waals surface area contributed by atoms with Gasteiger partial charge in [-0.1, -0.05) is 6.42 Å². The minimum atomic E-state index is -0.0846. The van der Waals surface area contributed by atoms with Gasteiger partial charge in [-0.15, -0.1) is 0 Å². The van der Waals surface area contributed by atoms with Crippen LogP contribution in [0, 0.1) is 0 Å². The number of rotatable bonds is 8. The summed E-state index contributed by atoms with van der Waals surface area (Å²) in [6.07, 6.45) is 6.30. The van der Waals surface area contributed by atoms with Gasteiger partial charge in [0.05, 0.1) is 18.3 Å². The van der Waals surface area contributed by atoms with Gasteiger partial charge in [0.25, 0.3) is 0 Å². The van der Waals surface area contributed by atoms with E-state index in [1.54, 1.807) is 0 Å². The SMILES string of the molecule is CC1CN(CCCCC(C)(CO)NC2CC2)CC(C)(C)O1. The number of ether oxygens (including phenoxy) is 1. The van der Waals surface area contributed by atoms with Crippen LogP contribution in [0.3, 0.4) is 0 Å². The first-order chi connectivity index (χ1) is 9.82. The highest BCUT2D eigenvalue weighted by Gasteiger charge is 2.32. The number of unbranched alkanes of at least 4 members (excludes halogenated alkanes) is 1. The van der Waals surface area contributed by atoms with Gasteiger partial charge in [0.15, 0.2) is 0 Å². The molecule has 4 nitrogen and oxygen atoms in total. The Morgan fingerprint density at radius 1 is 1.33 bits per heavy atom. The number of morpholine rings is 1. The van der Waals surface area contributed by atoms with Gasteiger partial charge in [0.1, 0.15) is 0 Å². The fourth-order valence-corrected chi connectivity index (χ4v) is 3.52. The molecule has 2 N–H and O–H groups in total. The Morgan fingerprint density at radius 3 is 2.62 bits per heavy atom. The van der Waals surface area contributed by atoms with Gasteiger partial charge in [-0.2, -0.15) is 0 Å². The molecule has 2 unspecified atom stereocenters. The lowest BCUT2D eigenvalue weighted by Crippen LogP contribution is -2.52. The molecule has 0 amide bonds. The molecule has 0 aromatic carbocycles. The van der Waals surface area contributed by atoms with Crippen LogP contribution in [0.25, 0.3) is 0 Å². The van der Waals surface area contributed by atoms with Gasteiger partial charge >= 0.3 is 0 Å². The van der Waals surface area contributed by atoms with Crippen molar-refractivity contribution in [1.82, 2.24) is 10.2 Å². The molecule has 21 heavy (non-hydrogen) atoms. The minimum Gasteiger partial charge on any atom is -0.394 e. The molecule has 0 aromatic rings. The number of aliphatic hydroxyl groups excluding tert-OH is 1. The molecule has 1 saturated carbocycles. The van der Waals surface area contributed by atoms with Crippen molar-refractivity contribution in [2.45, 2.75) is 83.1 Å². The molecule has 1 aliphatic heterocycles. The lowest BCUT2D eigenvalue weighted by molar-refractivity contribution is -0.128. The summed E-state index contributed by atoms with van der Waals surface area (Å²) in [6, 6.07) is 0.656. The number of hydrogen-bond acceptors (Lipinski definition) is 4. The van der Waals surface area contributed by atoms with Crippen molar-refractivity contribution in [3.05, 3.63) is 0 Å². The molecule has 0 spiro atoms. The quantitative estimate of drug-likeness (QED) is 0.674. The van der Waals surface area contributed by atoms with E-state index in [-0.39, 0.29) is 17.7 Å². The summed E-state index contributed by atoms with van der Waals surface area (Å²) in [5.74, 6) is 0. The van der Waals surface area contributed by atoms with Gasteiger partial charge in [-0.05, 0) is 59.9 Å². The summed E-state index contributed by atoms with van der Waals surface area (Å²) in [6.45, 7) is 12.1. The number of hydrogen-bond donors (Lipinski definition) is 2. The number of nitrogens with zero attached hydrogens (tertiary/aromatic N) is 1. The zero-order valence-corrected chi connectivity index (χ0v) is 14.3. The average Bonchev–Trinajstić information content (AvgIpc) is 3.16. The van der Waals surface area contributed by atoms with Crippen LogP contribution in [-0.4, -0.2) is 59.5 Å². The highest BCUT2D eigenvalue weighted by Crippen LogP contribution is 2.25. The fraction of sp³-hybridized carbons (Fsp3) is 1.00. The molecule has 0 aromatic heterocycles. The Bertz CT molecular complexity index is 331. The summed E-state index contributed by atoms with van der Waals surface area (Å²) in [5.41, 5.74) is -0.108. The number of aliphatic hydroxyl groups is 1. The first-order valence-electron chi connectivity index (χ1n) is 8.61. The summed E-state index contributed by atoms with van der Waals surface area (Å²) in [4.78, 5) is 2.53. The molecule has 1 aliphatic carbocycles. The highest BCUT2D eigenvalue weighted by molar-refractivity contribution is 4.92. The highest BCUT2D eigenvalue weighted by atomic mass is 16.5. The van der Waals surface area contributed by atoms with E-state index >= 15 is 0 Å². The van der Waals surface area contributed by atoms with E-state index < -0.39 is 0 Å². The molecule has 0 radical (unpaired) electrons. The van der Waals surface area contributed by atoms with Crippen LogP contribution in [0.2, 0.25) is 0 Å². The molecule has 4 heteroatoms. The molecule has 2 rings (SSSR count). The molecule has 2 fully saturated rings. The number of nitrogens with one attached hydrogen (secondary N) is 1. The van der Waals surface area contributed by atoms with Gasteiger partial charge in [-0.25, -0.2) is 0 Å². The smallest absolute Gasteiger partial charge is 0.0757 e. The van der Waals surface area contributed by atoms with E-state index in [1.807, 2.05) is 0 Å². The summed E-state index contributed by atoms with van der Waals surface area (Å²) >= 11 is 0. The molecule has 2 atom stereocenters. The second kappa shape index (κ2) is 6.95.